The molecule has 5 nitrogen and oxygen atoms in total. The lowest BCUT2D eigenvalue weighted by Crippen LogP contribution is -2.49. The lowest BCUT2D eigenvalue weighted by molar-refractivity contribution is -0.157. The molecule has 1 rings (SSSR count). The van der Waals surface area contributed by atoms with Gasteiger partial charge in [0.25, 0.3) is 0 Å². The molecule has 0 saturated heterocycles. The molecular formula is C20H31NO4. The van der Waals surface area contributed by atoms with Crippen molar-refractivity contribution in [3.05, 3.63) is 29.8 Å². The third-order valence-corrected chi connectivity index (χ3v) is 3.77. The van der Waals surface area contributed by atoms with Crippen LogP contribution < -0.4 is 4.90 Å². The monoisotopic (exact) mass is 349 g/mol. The molecule has 0 aliphatic carbocycles. The van der Waals surface area contributed by atoms with Crippen molar-refractivity contribution in [3.63, 3.8) is 0 Å². The van der Waals surface area contributed by atoms with Crippen molar-refractivity contribution < 1.29 is 19.1 Å². The summed E-state index contributed by atoms with van der Waals surface area (Å²) in [6.45, 7) is 9.11. The number of aryl methyl sites for hydroxylation is 1. The van der Waals surface area contributed by atoms with Crippen molar-refractivity contribution in [3.8, 4) is 0 Å². The average Bonchev–Trinajstić information content (AvgIpc) is 2.62. The highest BCUT2D eigenvalue weighted by atomic mass is 16.6. The van der Waals surface area contributed by atoms with E-state index in [0.717, 1.165) is 24.1 Å². The Kier molecular flexibility index (Phi) is 9.66. The molecule has 0 aliphatic heterocycles. The zero-order valence-corrected chi connectivity index (χ0v) is 15.9. The van der Waals surface area contributed by atoms with Crippen molar-refractivity contribution in [2.75, 3.05) is 24.7 Å². The van der Waals surface area contributed by atoms with Crippen molar-refractivity contribution in [2.24, 2.45) is 0 Å². The second kappa shape index (κ2) is 11.5. The molecule has 1 aromatic rings. The largest absolute Gasteiger partial charge is 0.464 e. The molecule has 140 valence electrons. The Labute approximate surface area is 151 Å². The van der Waals surface area contributed by atoms with E-state index in [9.17, 15) is 9.59 Å². The number of hydrogen-bond acceptors (Lipinski definition) is 5. The van der Waals surface area contributed by atoms with Crippen molar-refractivity contribution in [2.45, 2.75) is 59.4 Å². The molecule has 1 aromatic carbocycles. The van der Waals surface area contributed by atoms with Crippen LogP contribution in [0, 0.1) is 6.92 Å². The molecule has 25 heavy (non-hydrogen) atoms. The minimum atomic E-state index is -1.06. The highest BCUT2D eigenvalue weighted by molar-refractivity contribution is 6.02. The van der Waals surface area contributed by atoms with Gasteiger partial charge >= 0.3 is 11.9 Å². The van der Waals surface area contributed by atoms with E-state index in [-0.39, 0.29) is 0 Å². The Hall–Kier alpha value is -2.04. The number of unbranched alkanes of at least 4 members (excludes halogenated alkanes) is 1. The van der Waals surface area contributed by atoms with Gasteiger partial charge in [0.15, 0.2) is 0 Å². The summed E-state index contributed by atoms with van der Waals surface area (Å²) >= 11 is 0. The number of ether oxygens (including phenoxy) is 2. The third-order valence-electron chi connectivity index (χ3n) is 3.77. The molecular weight excluding hydrogens is 318 g/mol. The Morgan fingerprint density at radius 3 is 1.88 bits per heavy atom. The molecule has 0 N–H and O–H groups in total. The number of nitrogens with zero attached hydrogens (tertiary/aromatic N) is 1. The number of anilines is 1. The minimum absolute atomic E-state index is 0.298. The summed E-state index contributed by atoms with van der Waals surface area (Å²) in [5.41, 5.74) is 1.95. The zero-order chi connectivity index (χ0) is 18.7. The van der Waals surface area contributed by atoms with Gasteiger partial charge in [0.2, 0.25) is 6.04 Å². The van der Waals surface area contributed by atoms with Gasteiger partial charge in [-0.2, -0.15) is 0 Å². The predicted molar refractivity (Wildman–Crippen MR) is 99.7 cm³/mol. The van der Waals surface area contributed by atoms with Crippen LogP contribution >= 0.6 is 0 Å². The summed E-state index contributed by atoms with van der Waals surface area (Å²) in [7, 11) is 0. The smallest absolute Gasteiger partial charge is 0.340 e. The fourth-order valence-corrected chi connectivity index (χ4v) is 2.39. The maximum atomic E-state index is 12.6. The topological polar surface area (TPSA) is 55.8 Å². The number of carbonyl (C=O) groups excluding carboxylic acids is 2. The van der Waals surface area contributed by atoms with Crippen LogP contribution in [0.1, 0.15) is 52.0 Å². The van der Waals surface area contributed by atoms with Gasteiger partial charge in [-0.15, -0.1) is 0 Å². The second-order valence-corrected chi connectivity index (χ2v) is 6.12. The van der Waals surface area contributed by atoms with Crippen LogP contribution in [0.3, 0.4) is 0 Å². The Morgan fingerprint density at radius 2 is 1.44 bits per heavy atom. The van der Waals surface area contributed by atoms with E-state index in [1.54, 1.807) is 4.90 Å². The fraction of sp³-hybridized carbons (Fsp3) is 0.600. The summed E-state index contributed by atoms with van der Waals surface area (Å²) in [6, 6.07) is 6.74. The van der Waals surface area contributed by atoms with Gasteiger partial charge < -0.3 is 14.4 Å². The van der Waals surface area contributed by atoms with Crippen molar-refractivity contribution in [1.82, 2.24) is 0 Å². The lowest BCUT2D eigenvalue weighted by atomic mass is 10.1. The van der Waals surface area contributed by atoms with Crippen LogP contribution in [0.15, 0.2) is 24.3 Å². The maximum Gasteiger partial charge on any atom is 0.340 e. The minimum Gasteiger partial charge on any atom is -0.464 e. The molecule has 0 aromatic heterocycles. The molecule has 0 atom stereocenters. The Morgan fingerprint density at radius 1 is 0.920 bits per heavy atom. The first-order chi connectivity index (χ1) is 12.0. The number of hydrogen-bond donors (Lipinski definition) is 0. The van der Waals surface area contributed by atoms with Crippen LogP contribution in [0.5, 0.6) is 0 Å². The van der Waals surface area contributed by atoms with Gasteiger partial charge in [-0.3, -0.25) is 0 Å². The molecule has 0 radical (unpaired) electrons. The molecule has 0 heterocycles. The first-order valence-corrected chi connectivity index (χ1v) is 9.21. The highest BCUT2D eigenvalue weighted by Gasteiger charge is 2.36. The average molecular weight is 349 g/mol. The molecule has 0 aliphatic rings. The summed E-state index contributed by atoms with van der Waals surface area (Å²) in [5.74, 6) is -1.08. The molecule has 0 fully saturated rings. The number of carbonyl (C=O) groups is 2. The van der Waals surface area contributed by atoms with Crippen molar-refractivity contribution in [1.29, 1.82) is 0 Å². The summed E-state index contributed by atoms with van der Waals surface area (Å²) in [4.78, 5) is 27.0. The van der Waals surface area contributed by atoms with E-state index in [1.165, 1.54) is 0 Å². The number of rotatable bonds is 11. The predicted octanol–water partition coefficient (Wildman–Crippen LogP) is 3.88. The summed E-state index contributed by atoms with van der Waals surface area (Å²) in [5, 5.41) is 0. The summed E-state index contributed by atoms with van der Waals surface area (Å²) < 4.78 is 10.6. The standard InChI is InChI=1S/C20H31NO4/c1-5-8-13-21(17-11-9-16(4)10-12-17)18(19(22)24-14-6-2)20(23)25-15-7-3/h9-12,18H,5-8,13-15H2,1-4H3. The van der Waals surface area contributed by atoms with Gasteiger partial charge in [-0.1, -0.05) is 44.9 Å². The van der Waals surface area contributed by atoms with Crippen LogP contribution in [-0.4, -0.2) is 37.7 Å². The second-order valence-electron chi connectivity index (χ2n) is 6.12. The summed E-state index contributed by atoms with van der Waals surface area (Å²) in [6.07, 6.45) is 3.25. The third kappa shape index (κ3) is 6.77. The van der Waals surface area contributed by atoms with Gasteiger partial charge in [0.1, 0.15) is 0 Å². The molecule has 0 amide bonds. The van der Waals surface area contributed by atoms with Crippen LogP contribution in [0.25, 0.3) is 0 Å². The van der Waals surface area contributed by atoms with Crippen LogP contribution in [-0.2, 0) is 19.1 Å². The quantitative estimate of drug-likeness (QED) is 0.448. The van der Waals surface area contributed by atoms with Gasteiger partial charge in [-0.05, 0) is 38.3 Å². The molecule has 0 unspecified atom stereocenters. The highest BCUT2D eigenvalue weighted by Crippen LogP contribution is 2.21. The molecule has 0 spiro atoms. The van der Waals surface area contributed by atoms with Crippen LogP contribution in [0.2, 0.25) is 0 Å². The Balaban J connectivity index is 3.13. The SMILES string of the molecule is CCCCN(c1ccc(C)cc1)C(C(=O)OCCC)C(=O)OCCC. The Bertz CT molecular complexity index is 507. The van der Waals surface area contributed by atoms with E-state index in [1.807, 2.05) is 45.0 Å². The first-order valence-electron chi connectivity index (χ1n) is 9.21. The molecule has 0 bridgehead atoms. The molecule has 0 saturated carbocycles. The van der Waals surface area contributed by atoms with Crippen LogP contribution in [0.4, 0.5) is 5.69 Å². The number of esters is 2. The fourth-order valence-electron chi connectivity index (χ4n) is 2.39. The zero-order valence-electron chi connectivity index (χ0n) is 15.9. The van der Waals surface area contributed by atoms with E-state index in [2.05, 4.69) is 6.92 Å². The van der Waals surface area contributed by atoms with E-state index in [0.29, 0.717) is 32.6 Å². The van der Waals surface area contributed by atoms with E-state index < -0.39 is 18.0 Å². The lowest BCUT2D eigenvalue weighted by Gasteiger charge is -2.30. The van der Waals surface area contributed by atoms with E-state index >= 15 is 0 Å². The van der Waals surface area contributed by atoms with Crippen molar-refractivity contribution >= 4 is 17.6 Å². The molecule has 5 heteroatoms. The van der Waals surface area contributed by atoms with Gasteiger partial charge in [0, 0.05) is 12.2 Å². The van der Waals surface area contributed by atoms with Gasteiger partial charge in [0.05, 0.1) is 13.2 Å². The maximum absolute atomic E-state index is 12.6. The van der Waals surface area contributed by atoms with E-state index in [4.69, 9.17) is 9.47 Å². The number of benzene rings is 1. The first kappa shape index (κ1) is 21.0. The normalized spacial score (nSPS) is 10.6. The van der Waals surface area contributed by atoms with Gasteiger partial charge in [-0.25, -0.2) is 9.59 Å².